The fourth-order valence-electron chi connectivity index (χ4n) is 5.05. The summed E-state index contributed by atoms with van der Waals surface area (Å²) in [6.45, 7) is 0.505. The van der Waals surface area contributed by atoms with E-state index in [0.29, 0.717) is 19.4 Å². The van der Waals surface area contributed by atoms with Crippen molar-refractivity contribution in [2.45, 2.75) is 44.1 Å². The van der Waals surface area contributed by atoms with Gasteiger partial charge in [0, 0.05) is 6.54 Å². The fraction of sp³-hybridized carbons (Fsp3) is 0.308. The van der Waals surface area contributed by atoms with Gasteiger partial charge in [-0.15, -0.1) is 0 Å². The van der Waals surface area contributed by atoms with Crippen LogP contribution in [0.3, 0.4) is 0 Å². The summed E-state index contributed by atoms with van der Waals surface area (Å²) in [5, 5.41) is 21.1. The molecule has 0 saturated heterocycles. The van der Waals surface area contributed by atoms with E-state index in [1.807, 2.05) is 12.1 Å². The monoisotopic (exact) mass is 449 g/mol. The highest BCUT2D eigenvalue weighted by Gasteiger charge is 2.34. The third kappa shape index (κ3) is 4.11. The van der Waals surface area contributed by atoms with Crippen molar-refractivity contribution in [3.63, 3.8) is 0 Å². The molecule has 0 aliphatic heterocycles. The van der Waals surface area contributed by atoms with Crippen LogP contribution in [0.5, 0.6) is 0 Å². The van der Waals surface area contributed by atoms with Gasteiger partial charge < -0.3 is 10.4 Å². The van der Waals surface area contributed by atoms with Crippen LogP contribution in [0.1, 0.15) is 24.8 Å². The van der Waals surface area contributed by atoms with Gasteiger partial charge in [0.15, 0.2) is 0 Å². The Morgan fingerprint density at radius 1 is 0.906 bits per heavy atom. The molecule has 6 heteroatoms. The van der Waals surface area contributed by atoms with Crippen LogP contribution in [-0.4, -0.2) is 38.0 Å². The number of hydrogen-bond donors (Lipinski definition) is 2. The number of nitrogens with one attached hydrogen (secondary N) is 1. The third-order valence-electron chi connectivity index (χ3n) is 6.48. The van der Waals surface area contributed by atoms with Crippen LogP contribution in [0.4, 0.5) is 0 Å². The van der Waals surface area contributed by atoms with E-state index in [1.165, 1.54) is 26.9 Å². The first-order valence-corrected chi connectivity index (χ1v) is 12.8. The van der Waals surface area contributed by atoms with Crippen molar-refractivity contribution in [1.29, 1.82) is 0 Å². The highest BCUT2D eigenvalue weighted by molar-refractivity contribution is 7.86. The average molecular weight is 450 g/mol. The molecule has 0 radical (unpaired) electrons. The zero-order valence-corrected chi connectivity index (χ0v) is 18.8. The van der Waals surface area contributed by atoms with Crippen LogP contribution in [0.2, 0.25) is 0 Å². The van der Waals surface area contributed by atoms with Crippen LogP contribution < -0.4 is 5.32 Å². The summed E-state index contributed by atoms with van der Waals surface area (Å²) in [4.78, 5) is 0. The van der Waals surface area contributed by atoms with Crippen molar-refractivity contribution < 1.29 is 17.7 Å². The Balaban J connectivity index is 1.56. The predicted molar refractivity (Wildman–Crippen MR) is 129 cm³/mol. The molecule has 0 aromatic heterocycles. The molecule has 2 N–H and O–H groups in total. The average Bonchev–Trinajstić information content (AvgIpc) is 2.77. The number of aliphatic hydroxyl groups is 1. The van der Waals surface area contributed by atoms with Gasteiger partial charge in [0.2, 0.25) is 0 Å². The van der Waals surface area contributed by atoms with Crippen LogP contribution in [-0.2, 0) is 20.8 Å². The molecule has 3 atom stereocenters. The summed E-state index contributed by atoms with van der Waals surface area (Å²) < 4.78 is 28.8. The van der Waals surface area contributed by atoms with Gasteiger partial charge in [0.05, 0.1) is 24.5 Å². The first-order valence-electron chi connectivity index (χ1n) is 11.0. The maximum absolute atomic E-state index is 11.7. The minimum atomic E-state index is -3.60. The van der Waals surface area contributed by atoms with Gasteiger partial charge in [-0.25, -0.2) is 0 Å². The van der Waals surface area contributed by atoms with E-state index < -0.39 is 28.4 Å². The molecule has 0 spiro atoms. The molecule has 4 aromatic rings. The summed E-state index contributed by atoms with van der Waals surface area (Å²) in [6.07, 6.45) is 1.82. The van der Waals surface area contributed by atoms with Gasteiger partial charge in [0.1, 0.15) is 0 Å². The molecule has 1 saturated carbocycles. The van der Waals surface area contributed by atoms with Gasteiger partial charge in [-0.05, 0) is 63.2 Å². The van der Waals surface area contributed by atoms with E-state index in [-0.39, 0.29) is 0 Å². The molecular formula is C26H27NO4S. The summed E-state index contributed by atoms with van der Waals surface area (Å²) in [7, 11) is -3.60. The number of benzene rings is 4. The molecule has 0 unspecified atom stereocenters. The van der Waals surface area contributed by atoms with Gasteiger partial charge in [-0.3, -0.25) is 4.18 Å². The lowest BCUT2D eigenvalue weighted by Crippen LogP contribution is -2.52. The highest BCUT2D eigenvalue weighted by atomic mass is 32.2. The SMILES string of the molecule is CS(=O)(=O)O[C@H]1CCC[C@@H](O)[C@@H]1NCc1cc2c3ccccc3ccc2c2ccccc12. The van der Waals surface area contributed by atoms with E-state index in [4.69, 9.17) is 4.18 Å². The molecule has 0 amide bonds. The molecule has 0 bridgehead atoms. The molecule has 166 valence electrons. The minimum absolute atomic E-state index is 0.444. The van der Waals surface area contributed by atoms with Crippen molar-refractivity contribution in [2.75, 3.05) is 6.26 Å². The van der Waals surface area contributed by atoms with Crippen LogP contribution >= 0.6 is 0 Å². The molecule has 1 aliphatic carbocycles. The van der Waals surface area contributed by atoms with Crippen LogP contribution in [0, 0.1) is 0 Å². The molecule has 1 fully saturated rings. The topological polar surface area (TPSA) is 75.6 Å². The van der Waals surface area contributed by atoms with E-state index in [0.717, 1.165) is 23.6 Å². The van der Waals surface area contributed by atoms with Crippen LogP contribution in [0.25, 0.3) is 32.3 Å². The third-order valence-corrected chi connectivity index (χ3v) is 7.08. The number of aliphatic hydroxyl groups excluding tert-OH is 1. The van der Waals surface area contributed by atoms with Crippen molar-refractivity contribution in [3.05, 3.63) is 72.3 Å². The summed E-state index contributed by atoms with van der Waals surface area (Å²) in [5.41, 5.74) is 1.11. The van der Waals surface area contributed by atoms with E-state index in [1.54, 1.807) is 0 Å². The smallest absolute Gasteiger partial charge is 0.264 e. The second-order valence-electron chi connectivity index (χ2n) is 8.71. The lowest BCUT2D eigenvalue weighted by atomic mass is 9.89. The summed E-state index contributed by atoms with van der Waals surface area (Å²) in [6, 6.07) is 22.8. The highest BCUT2D eigenvalue weighted by Crippen LogP contribution is 2.34. The Hall–Kier alpha value is -2.51. The van der Waals surface area contributed by atoms with E-state index >= 15 is 0 Å². The zero-order chi connectivity index (χ0) is 22.3. The van der Waals surface area contributed by atoms with Crippen LogP contribution in [0.15, 0.2) is 66.7 Å². The minimum Gasteiger partial charge on any atom is -0.391 e. The Kier molecular flexibility index (Phi) is 5.63. The number of hydrogen-bond acceptors (Lipinski definition) is 5. The Morgan fingerprint density at radius 3 is 2.38 bits per heavy atom. The maximum atomic E-state index is 11.7. The van der Waals surface area contributed by atoms with Crippen molar-refractivity contribution in [2.24, 2.45) is 0 Å². The van der Waals surface area contributed by atoms with Gasteiger partial charge in [-0.1, -0.05) is 60.7 Å². The fourth-order valence-corrected chi connectivity index (χ4v) is 5.71. The molecular weight excluding hydrogens is 422 g/mol. The van der Waals surface area contributed by atoms with Gasteiger partial charge in [-0.2, -0.15) is 8.42 Å². The molecule has 32 heavy (non-hydrogen) atoms. The van der Waals surface area contributed by atoms with E-state index in [9.17, 15) is 13.5 Å². The first kappa shape index (κ1) is 21.3. The quantitative estimate of drug-likeness (QED) is 0.347. The second kappa shape index (κ2) is 8.45. The molecule has 5 rings (SSSR count). The standard InChI is InChI=1S/C26H27NO4S/c1-32(29,30)31-25-12-6-11-24(28)26(25)27-16-18-15-23-19-8-3-2-7-17(19)13-14-22(23)21-10-5-4-9-20(18)21/h2-5,7-10,13-15,24-28H,6,11-12,16H2,1H3/t24-,25+,26+/m1/s1. The molecule has 1 aliphatic rings. The Morgan fingerprint density at radius 2 is 1.59 bits per heavy atom. The predicted octanol–water partition coefficient (Wildman–Crippen LogP) is 4.49. The first-order chi connectivity index (χ1) is 15.4. The van der Waals surface area contributed by atoms with Gasteiger partial charge >= 0.3 is 0 Å². The normalized spacial score (nSPS) is 22.0. The molecule has 0 heterocycles. The number of rotatable bonds is 5. The van der Waals surface area contributed by atoms with E-state index in [2.05, 4.69) is 59.9 Å². The summed E-state index contributed by atoms with van der Waals surface area (Å²) >= 11 is 0. The second-order valence-corrected chi connectivity index (χ2v) is 10.3. The largest absolute Gasteiger partial charge is 0.391 e. The lowest BCUT2D eigenvalue weighted by Gasteiger charge is -2.35. The zero-order valence-electron chi connectivity index (χ0n) is 18.0. The van der Waals surface area contributed by atoms with Crippen molar-refractivity contribution >= 4 is 42.4 Å². The maximum Gasteiger partial charge on any atom is 0.264 e. The Bertz CT molecular complexity index is 1400. The molecule has 4 aromatic carbocycles. The van der Waals surface area contributed by atoms with Crippen molar-refractivity contribution in [1.82, 2.24) is 5.32 Å². The van der Waals surface area contributed by atoms with Crippen molar-refractivity contribution in [3.8, 4) is 0 Å². The summed E-state index contributed by atoms with van der Waals surface area (Å²) in [5.74, 6) is 0. The molecule has 5 nitrogen and oxygen atoms in total. The Labute approximate surface area is 188 Å². The van der Waals surface area contributed by atoms with Gasteiger partial charge in [0.25, 0.3) is 10.1 Å². The lowest BCUT2D eigenvalue weighted by molar-refractivity contribution is 0.0166. The number of fused-ring (bicyclic) bond motifs is 5.